The molecule has 5 heteroatoms. The zero-order valence-electron chi connectivity index (χ0n) is 9.56. The molecule has 19 heavy (non-hydrogen) atoms. The van der Waals surface area contributed by atoms with E-state index in [2.05, 4.69) is 0 Å². The van der Waals surface area contributed by atoms with Gasteiger partial charge in [-0.2, -0.15) is 0 Å². The van der Waals surface area contributed by atoms with Gasteiger partial charge in [0.15, 0.2) is 0 Å². The number of carboxylic acids is 1. The normalized spacial score (nSPS) is 13.4. The molecule has 1 aliphatic heterocycles. The second-order valence-electron chi connectivity index (χ2n) is 4.24. The Hall–Kier alpha value is -1.71. The first-order valence-corrected chi connectivity index (χ1v) is 6.31. The topological polar surface area (TPSA) is 46.5 Å². The average molecular weight is 295 g/mol. The van der Waals surface area contributed by atoms with Crippen molar-refractivity contribution in [3.8, 4) is 11.5 Å². The predicted molar refractivity (Wildman–Crippen MR) is 72.5 cm³/mol. The van der Waals surface area contributed by atoms with Gasteiger partial charge < -0.3 is 9.84 Å². The van der Waals surface area contributed by atoms with Gasteiger partial charge >= 0.3 is 5.97 Å². The molecule has 0 amide bonds. The Kier molecular flexibility index (Phi) is 2.88. The molecule has 3 nitrogen and oxygen atoms in total. The number of carboxylic acid groups (broad SMARTS) is 1. The Balaban J connectivity index is 2.25. The summed E-state index contributed by atoms with van der Waals surface area (Å²) in [4.78, 5) is 11.6. The van der Waals surface area contributed by atoms with E-state index < -0.39 is 11.9 Å². The molecule has 1 aliphatic rings. The van der Waals surface area contributed by atoms with Crippen molar-refractivity contribution < 1.29 is 14.6 Å². The van der Waals surface area contributed by atoms with Crippen LogP contribution in [0.25, 0.3) is 0 Å². The van der Waals surface area contributed by atoms with Crippen molar-refractivity contribution in [1.82, 2.24) is 0 Å². The highest BCUT2D eigenvalue weighted by Crippen LogP contribution is 2.45. The van der Waals surface area contributed by atoms with Crippen molar-refractivity contribution in [3.63, 3.8) is 0 Å². The Labute approximate surface area is 119 Å². The zero-order valence-corrected chi connectivity index (χ0v) is 11.1. The van der Waals surface area contributed by atoms with Crippen LogP contribution < -0.4 is 4.74 Å². The van der Waals surface area contributed by atoms with Crippen molar-refractivity contribution in [2.24, 2.45) is 0 Å². The van der Waals surface area contributed by atoms with Gasteiger partial charge in [-0.25, -0.2) is 0 Å². The predicted octanol–water partition coefficient (Wildman–Crippen LogP) is 4.32. The molecule has 0 saturated heterocycles. The van der Waals surface area contributed by atoms with Gasteiger partial charge in [-0.3, -0.25) is 4.79 Å². The van der Waals surface area contributed by atoms with Crippen molar-refractivity contribution >= 4 is 29.2 Å². The van der Waals surface area contributed by atoms with Gasteiger partial charge in [0.1, 0.15) is 17.4 Å². The standard InChI is InChI=1S/C14H8Cl2O3/c15-7-1-3-11-9(5-7)13(14(17)18)10-6-8(16)2-4-12(10)19-11/h1-6,13H,(H,17,18). The molecule has 3 rings (SSSR count). The highest BCUT2D eigenvalue weighted by molar-refractivity contribution is 6.31. The van der Waals surface area contributed by atoms with Crippen LogP contribution in [0.4, 0.5) is 0 Å². The minimum Gasteiger partial charge on any atom is -0.481 e. The molecule has 0 radical (unpaired) electrons. The first kappa shape index (κ1) is 12.3. The fourth-order valence-electron chi connectivity index (χ4n) is 2.23. The minimum absolute atomic E-state index is 0.471. The molecule has 2 aromatic carbocycles. The number of halogens is 2. The van der Waals surface area contributed by atoms with E-state index in [1.807, 2.05) is 0 Å². The summed E-state index contributed by atoms with van der Waals surface area (Å²) >= 11 is 11.9. The molecule has 1 N–H and O–H groups in total. The third kappa shape index (κ3) is 2.05. The molecule has 0 saturated carbocycles. The highest BCUT2D eigenvalue weighted by Gasteiger charge is 2.33. The van der Waals surface area contributed by atoms with E-state index in [1.165, 1.54) is 0 Å². The van der Waals surface area contributed by atoms with Crippen LogP contribution in [0, 0.1) is 0 Å². The summed E-state index contributed by atoms with van der Waals surface area (Å²) in [5.74, 6) is -0.773. The van der Waals surface area contributed by atoms with Crippen LogP contribution in [-0.4, -0.2) is 11.1 Å². The third-order valence-electron chi connectivity index (χ3n) is 3.03. The molecular weight excluding hydrogens is 287 g/mol. The molecule has 0 aliphatic carbocycles. The highest BCUT2D eigenvalue weighted by atomic mass is 35.5. The second-order valence-corrected chi connectivity index (χ2v) is 5.11. The largest absolute Gasteiger partial charge is 0.481 e. The first-order chi connectivity index (χ1) is 9.06. The molecule has 0 bridgehead atoms. The van der Waals surface area contributed by atoms with E-state index in [9.17, 15) is 9.90 Å². The molecule has 0 aromatic heterocycles. The maximum absolute atomic E-state index is 11.6. The number of carbonyl (C=O) groups is 1. The molecular formula is C14H8Cl2O3. The Bertz CT molecular complexity index is 631. The van der Waals surface area contributed by atoms with E-state index >= 15 is 0 Å². The van der Waals surface area contributed by atoms with Crippen LogP contribution in [0.5, 0.6) is 11.5 Å². The molecule has 0 unspecified atom stereocenters. The van der Waals surface area contributed by atoms with Gasteiger partial charge in [0, 0.05) is 21.2 Å². The third-order valence-corrected chi connectivity index (χ3v) is 3.50. The quantitative estimate of drug-likeness (QED) is 0.852. The maximum Gasteiger partial charge on any atom is 0.315 e. The van der Waals surface area contributed by atoms with Gasteiger partial charge in [0.05, 0.1) is 0 Å². The number of benzene rings is 2. The fourth-order valence-corrected chi connectivity index (χ4v) is 2.59. The number of hydrogen-bond donors (Lipinski definition) is 1. The van der Waals surface area contributed by atoms with Gasteiger partial charge in [0.25, 0.3) is 0 Å². The van der Waals surface area contributed by atoms with E-state index in [1.54, 1.807) is 36.4 Å². The fraction of sp³-hybridized carbons (Fsp3) is 0.0714. The SMILES string of the molecule is O=C(O)C1c2cc(Cl)ccc2Oc2ccc(Cl)cc21. The number of fused-ring (bicyclic) bond motifs is 2. The van der Waals surface area contributed by atoms with Crippen LogP contribution in [0.3, 0.4) is 0 Å². The van der Waals surface area contributed by atoms with E-state index in [0.717, 1.165) is 0 Å². The van der Waals surface area contributed by atoms with Gasteiger partial charge in [0.2, 0.25) is 0 Å². The smallest absolute Gasteiger partial charge is 0.315 e. The number of ether oxygens (including phenoxy) is 1. The van der Waals surface area contributed by atoms with E-state index in [4.69, 9.17) is 27.9 Å². The lowest BCUT2D eigenvalue weighted by Crippen LogP contribution is -2.18. The van der Waals surface area contributed by atoms with E-state index in [-0.39, 0.29) is 0 Å². The van der Waals surface area contributed by atoms with Crippen LogP contribution in [0.2, 0.25) is 10.0 Å². The van der Waals surface area contributed by atoms with Gasteiger partial charge in [-0.15, -0.1) is 0 Å². The van der Waals surface area contributed by atoms with Gasteiger partial charge in [-0.05, 0) is 36.4 Å². The number of rotatable bonds is 1. The van der Waals surface area contributed by atoms with Crippen molar-refractivity contribution in [1.29, 1.82) is 0 Å². The number of aliphatic carboxylic acids is 1. The minimum atomic E-state index is -0.963. The Morgan fingerprint density at radius 2 is 1.47 bits per heavy atom. The number of hydrogen-bond acceptors (Lipinski definition) is 2. The average Bonchev–Trinajstić information content (AvgIpc) is 2.35. The van der Waals surface area contributed by atoms with Crippen molar-refractivity contribution in [3.05, 3.63) is 57.6 Å². The summed E-state index contributed by atoms with van der Waals surface area (Å²) in [5.41, 5.74) is 1.07. The Morgan fingerprint density at radius 1 is 1.00 bits per heavy atom. The lowest BCUT2D eigenvalue weighted by atomic mass is 9.88. The Morgan fingerprint density at radius 3 is 1.89 bits per heavy atom. The maximum atomic E-state index is 11.6. The lowest BCUT2D eigenvalue weighted by Gasteiger charge is -2.25. The van der Waals surface area contributed by atoms with Gasteiger partial charge in [-0.1, -0.05) is 23.2 Å². The van der Waals surface area contributed by atoms with Crippen LogP contribution in [-0.2, 0) is 4.79 Å². The summed E-state index contributed by atoms with van der Waals surface area (Å²) in [7, 11) is 0. The summed E-state index contributed by atoms with van der Waals surface area (Å²) in [6.07, 6.45) is 0. The molecule has 0 atom stereocenters. The summed E-state index contributed by atoms with van der Waals surface area (Å²) in [5, 5.41) is 10.4. The zero-order chi connectivity index (χ0) is 13.6. The molecule has 1 heterocycles. The molecule has 0 fully saturated rings. The van der Waals surface area contributed by atoms with Crippen LogP contribution in [0.15, 0.2) is 36.4 Å². The molecule has 96 valence electrons. The summed E-state index contributed by atoms with van der Waals surface area (Å²) < 4.78 is 5.69. The van der Waals surface area contributed by atoms with Crippen LogP contribution in [0.1, 0.15) is 17.0 Å². The summed E-state index contributed by atoms with van der Waals surface area (Å²) in [6.45, 7) is 0. The summed E-state index contributed by atoms with van der Waals surface area (Å²) in [6, 6.07) is 9.90. The molecule has 2 aromatic rings. The van der Waals surface area contributed by atoms with Crippen LogP contribution >= 0.6 is 23.2 Å². The first-order valence-electron chi connectivity index (χ1n) is 5.56. The van der Waals surface area contributed by atoms with Crippen molar-refractivity contribution in [2.75, 3.05) is 0 Å². The second kappa shape index (κ2) is 4.44. The van der Waals surface area contributed by atoms with Crippen molar-refractivity contribution in [2.45, 2.75) is 5.92 Å². The lowest BCUT2D eigenvalue weighted by molar-refractivity contribution is -0.137. The molecule has 0 spiro atoms. The van der Waals surface area contributed by atoms with E-state index in [0.29, 0.717) is 32.7 Å². The monoisotopic (exact) mass is 294 g/mol.